The smallest absolute Gasteiger partial charge is 0.251 e. The Hall–Kier alpha value is -2.13. The van der Waals surface area contributed by atoms with E-state index in [0.29, 0.717) is 18.5 Å². The maximum Gasteiger partial charge on any atom is 0.251 e. The minimum Gasteiger partial charge on any atom is -0.352 e. The van der Waals surface area contributed by atoms with Crippen molar-refractivity contribution < 1.29 is 4.79 Å². The summed E-state index contributed by atoms with van der Waals surface area (Å²) in [7, 11) is 0. The Balaban J connectivity index is 1.30. The van der Waals surface area contributed by atoms with E-state index in [1.54, 1.807) is 0 Å². The van der Waals surface area contributed by atoms with Gasteiger partial charge in [0.25, 0.3) is 5.91 Å². The van der Waals surface area contributed by atoms with E-state index in [-0.39, 0.29) is 11.3 Å². The van der Waals surface area contributed by atoms with Crippen LogP contribution in [-0.2, 0) is 18.3 Å². The van der Waals surface area contributed by atoms with Crippen molar-refractivity contribution in [3.05, 3.63) is 70.8 Å². The first-order chi connectivity index (χ1) is 14.5. The van der Waals surface area contributed by atoms with Gasteiger partial charge in [0.05, 0.1) is 0 Å². The van der Waals surface area contributed by atoms with Crippen molar-refractivity contribution in [3.8, 4) is 0 Å². The van der Waals surface area contributed by atoms with E-state index in [1.807, 2.05) is 24.3 Å². The molecule has 3 atom stereocenters. The van der Waals surface area contributed by atoms with Crippen LogP contribution in [0.1, 0.15) is 60.2 Å². The summed E-state index contributed by atoms with van der Waals surface area (Å²) in [6.45, 7) is 8.05. The molecule has 0 aromatic heterocycles. The molecule has 30 heavy (non-hydrogen) atoms. The Labute approximate surface area is 180 Å². The third-order valence-electron chi connectivity index (χ3n) is 8.12. The number of amides is 1. The fourth-order valence-corrected chi connectivity index (χ4v) is 5.77. The maximum atomic E-state index is 12.8. The van der Waals surface area contributed by atoms with E-state index in [4.69, 9.17) is 0 Å². The van der Waals surface area contributed by atoms with Gasteiger partial charge in [-0.1, -0.05) is 50.2 Å². The average molecular weight is 403 g/mol. The van der Waals surface area contributed by atoms with Crippen LogP contribution in [0.2, 0.25) is 0 Å². The molecule has 1 saturated carbocycles. The van der Waals surface area contributed by atoms with Crippen LogP contribution in [0, 0.1) is 11.8 Å². The van der Waals surface area contributed by atoms with Crippen LogP contribution in [-0.4, -0.2) is 36.5 Å². The molecule has 0 radical (unpaired) electrons. The van der Waals surface area contributed by atoms with Crippen molar-refractivity contribution in [2.75, 3.05) is 19.6 Å². The zero-order valence-corrected chi connectivity index (χ0v) is 18.4. The maximum absolute atomic E-state index is 12.8. The Bertz CT molecular complexity index is 920. The van der Waals surface area contributed by atoms with Gasteiger partial charge in [-0.25, -0.2) is 0 Å². The second-order valence-corrected chi connectivity index (χ2v) is 10.0. The molecule has 3 nitrogen and oxygen atoms in total. The first kappa shape index (κ1) is 19.8. The van der Waals surface area contributed by atoms with Crippen molar-refractivity contribution in [2.24, 2.45) is 11.8 Å². The summed E-state index contributed by atoms with van der Waals surface area (Å²) in [5, 5.41) is 3.12. The number of nitrogens with one attached hydrogen (secondary N) is 1. The summed E-state index contributed by atoms with van der Waals surface area (Å²) in [5.41, 5.74) is 5.14. The number of nitrogens with zero attached hydrogens (tertiary/aromatic N) is 1. The molecule has 1 saturated heterocycles. The minimum absolute atomic E-state index is 0.0540. The second kappa shape index (κ2) is 7.85. The third kappa shape index (κ3) is 3.69. The van der Waals surface area contributed by atoms with Crippen molar-refractivity contribution in [1.82, 2.24) is 10.2 Å². The highest BCUT2D eigenvalue weighted by Crippen LogP contribution is 2.49. The van der Waals surface area contributed by atoms with Gasteiger partial charge in [0.1, 0.15) is 0 Å². The zero-order valence-electron chi connectivity index (χ0n) is 18.4. The quantitative estimate of drug-likeness (QED) is 0.766. The molecule has 2 bridgehead atoms. The Morgan fingerprint density at radius 3 is 2.73 bits per heavy atom. The first-order valence-electron chi connectivity index (χ1n) is 11.7. The van der Waals surface area contributed by atoms with Crippen molar-refractivity contribution in [3.63, 3.8) is 0 Å². The number of benzene rings is 2. The lowest BCUT2D eigenvalue weighted by molar-refractivity contribution is 0.0284. The summed E-state index contributed by atoms with van der Waals surface area (Å²) in [6.07, 6.45) is 6.05. The lowest BCUT2D eigenvalue weighted by atomic mass is 9.59. The highest BCUT2D eigenvalue weighted by atomic mass is 16.1. The second-order valence-electron chi connectivity index (χ2n) is 10.0. The van der Waals surface area contributed by atoms with Gasteiger partial charge in [-0.2, -0.15) is 0 Å². The van der Waals surface area contributed by atoms with E-state index in [1.165, 1.54) is 49.0 Å². The molecular formula is C27H34N2O. The number of likely N-dealkylation sites (tertiary alicyclic amines) is 1. The van der Waals surface area contributed by atoms with Crippen LogP contribution in [0.15, 0.2) is 48.5 Å². The molecule has 2 aromatic carbocycles. The van der Waals surface area contributed by atoms with Gasteiger partial charge in [-0.3, -0.25) is 9.69 Å². The molecule has 1 unspecified atom stereocenters. The number of rotatable bonds is 6. The number of carbonyl (C=O) groups excluding carboxylic acids is 1. The Morgan fingerprint density at radius 1 is 1.17 bits per heavy atom. The van der Waals surface area contributed by atoms with Gasteiger partial charge in [0, 0.05) is 24.7 Å². The average Bonchev–Trinajstić information content (AvgIpc) is 3.57. The fourth-order valence-electron chi connectivity index (χ4n) is 5.77. The van der Waals surface area contributed by atoms with E-state index in [9.17, 15) is 4.79 Å². The summed E-state index contributed by atoms with van der Waals surface area (Å²) in [6, 6.07) is 17.5. The summed E-state index contributed by atoms with van der Waals surface area (Å²) in [5.74, 6) is 1.64. The van der Waals surface area contributed by atoms with Crippen LogP contribution in [0.25, 0.3) is 0 Å². The van der Waals surface area contributed by atoms with Gasteiger partial charge in [-0.05, 0) is 84.7 Å². The van der Waals surface area contributed by atoms with Crippen LogP contribution < -0.4 is 5.32 Å². The van der Waals surface area contributed by atoms with Crippen LogP contribution >= 0.6 is 0 Å². The van der Waals surface area contributed by atoms with Gasteiger partial charge < -0.3 is 5.32 Å². The lowest BCUT2D eigenvalue weighted by Crippen LogP contribution is -2.58. The number of piperidine rings is 1. The molecule has 1 amide bonds. The Morgan fingerprint density at radius 2 is 1.97 bits per heavy atom. The highest BCUT2D eigenvalue weighted by molar-refractivity contribution is 5.94. The lowest BCUT2D eigenvalue weighted by Gasteiger charge is -2.55. The molecular weight excluding hydrogens is 368 g/mol. The van der Waals surface area contributed by atoms with Crippen molar-refractivity contribution in [2.45, 2.75) is 57.4 Å². The molecule has 2 aliphatic carbocycles. The van der Waals surface area contributed by atoms with E-state index >= 15 is 0 Å². The molecule has 1 heterocycles. The first-order valence-corrected chi connectivity index (χ1v) is 11.7. The number of carbonyl (C=O) groups is 1. The van der Waals surface area contributed by atoms with E-state index < -0.39 is 0 Å². The summed E-state index contributed by atoms with van der Waals surface area (Å²) < 4.78 is 0. The van der Waals surface area contributed by atoms with Crippen LogP contribution in [0.4, 0.5) is 0 Å². The van der Waals surface area contributed by atoms with E-state index in [0.717, 1.165) is 24.3 Å². The van der Waals surface area contributed by atoms with Crippen LogP contribution in [0.5, 0.6) is 0 Å². The van der Waals surface area contributed by atoms with Crippen LogP contribution in [0.3, 0.4) is 0 Å². The highest BCUT2D eigenvalue weighted by Gasteiger charge is 2.49. The number of hydrogen-bond donors (Lipinski definition) is 1. The molecule has 3 aliphatic rings. The largest absolute Gasteiger partial charge is 0.352 e. The predicted molar refractivity (Wildman–Crippen MR) is 122 cm³/mol. The minimum atomic E-state index is 0.0540. The molecule has 2 aromatic rings. The summed E-state index contributed by atoms with van der Waals surface area (Å²) in [4.78, 5) is 15.6. The van der Waals surface area contributed by atoms with Gasteiger partial charge in [-0.15, -0.1) is 0 Å². The van der Waals surface area contributed by atoms with Crippen molar-refractivity contribution >= 4 is 5.91 Å². The van der Waals surface area contributed by atoms with E-state index in [2.05, 4.69) is 48.3 Å². The standard InChI is InChI=1S/C27H34N2O/c1-19-25-17-22-10-11-23(26(30)28-14-12-20-6-4-3-5-7-20)16-24(22)27(19,2)13-15-29(25)18-21-8-9-21/h3-7,10-11,16,19,21,25H,8-9,12-15,17-18H2,1-2H3,(H,28,30)/t19?,25-,27-/m1/s1. The van der Waals surface area contributed by atoms with Gasteiger partial charge in [0.15, 0.2) is 0 Å². The Kier molecular flexibility index (Phi) is 5.18. The molecule has 5 rings (SSSR count). The van der Waals surface area contributed by atoms with Gasteiger partial charge in [0.2, 0.25) is 0 Å². The normalized spacial score (nSPS) is 28.1. The molecule has 0 spiro atoms. The molecule has 2 fully saturated rings. The molecule has 1 N–H and O–H groups in total. The van der Waals surface area contributed by atoms with Crippen molar-refractivity contribution in [1.29, 1.82) is 0 Å². The SMILES string of the molecule is CC1[C@H]2Cc3ccc(C(=O)NCCc4ccccc4)cc3[C@]1(C)CCN2CC1CC1. The fraction of sp³-hybridized carbons (Fsp3) is 0.519. The number of fused-ring (bicyclic) bond motifs is 4. The predicted octanol–water partition coefficient (Wildman–Crippen LogP) is 4.59. The monoisotopic (exact) mass is 402 g/mol. The third-order valence-corrected chi connectivity index (χ3v) is 8.12. The molecule has 1 aliphatic heterocycles. The number of hydrogen-bond acceptors (Lipinski definition) is 2. The zero-order chi connectivity index (χ0) is 20.7. The van der Waals surface area contributed by atoms with Gasteiger partial charge >= 0.3 is 0 Å². The summed E-state index contributed by atoms with van der Waals surface area (Å²) >= 11 is 0. The molecule has 3 heteroatoms. The molecule has 158 valence electrons. The topological polar surface area (TPSA) is 32.3 Å².